The average molecular weight is 1030 g/mol. The topological polar surface area (TPSA) is 328 Å². The lowest BCUT2D eigenvalue weighted by Gasteiger charge is -2.53. The van der Waals surface area contributed by atoms with Crippen LogP contribution in [0.25, 0.3) is 10.4 Å². The molecule has 72 heavy (non-hydrogen) atoms. The van der Waals surface area contributed by atoms with Crippen LogP contribution in [0.5, 0.6) is 0 Å². The van der Waals surface area contributed by atoms with Crippen LogP contribution >= 0.6 is 11.8 Å². The van der Waals surface area contributed by atoms with Gasteiger partial charge in [0, 0.05) is 17.9 Å². The zero-order chi connectivity index (χ0) is 53.1. The Hall–Kier alpha value is -5.64. The number of azide groups is 1. The lowest BCUT2D eigenvalue weighted by Crippen LogP contribution is -2.61. The SMILES string of the molecule is CC[C@H](C)[C@H](NC(=O)[C@H](CCSC)NC(=O)[C@H](CCCCNC(=O)OC1C2CC3CC(C2)CC1C3)NC(=O)OC(C)(C)C)C(=O)N[C@@H](CO)C(=O)N[C@@H](Cc1ccccc1)C(=O)N[C@H](C(=O)N=[N+]=[N-])[C@@H](C)O. The number of carbonyl (C=O) groups is 8. The minimum Gasteiger partial charge on any atom is -0.446 e. The van der Waals surface area contributed by atoms with Crippen molar-refractivity contribution in [3.63, 3.8) is 0 Å². The first-order chi connectivity index (χ1) is 34.2. The number of benzene rings is 1. The number of carbonyl (C=O) groups excluding carboxylic acids is 8. The third kappa shape index (κ3) is 18.4. The van der Waals surface area contributed by atoms with Gasteiger partial charge in [-0.15, -0.1) is 0 Å². The summed E-state index contributed by atoms with van der Waals surface area (Å²) < 4.78 is 11.4. The molecule has 1 aromatic carbocycles. The predicted molar refractivity (Wildman–Crippen MR) is 267 cm³/mol. The molecule has 23 heteroatoms. The van der Waals surface area contributed by atoms with Crippen molar-refractivity contribution in [2.45, 2.75) is 166 Å². The van der Waals surface area contributed by atoms with E-state index in [0.29, 0.717) is 42.4 Å². The summed E-state index contributed by atoms with van der Waals surface area (Å²) >= 11 is 1.41. The van der Waals surface area contributed by atoms with Gasteiger partial charge in [0.05, 0.1) is 12.7 Å². The third-order valence-corrected chi connectivity index (χ3v) is 14.2. The molecule has 0 unspecified atom stereocenters. The summed E-state index contributed by atoms with van der Waals surface area (Å²) in [7, 11) is 0. The highest BCUT2D eigenvalue weighted by Crippen LogP contribution is 2.54. The van der Waals surface area contributed by atoms with Crippen molar-refractivity contribution in [2.24, 2.45) is 34.7 Å². The van der Waals surface area contributed by atoms with Gasteiger partial charge in [-0.05, 0) is 143 Å². The second-order valence-electron chi connectivity index (χ2n) is 20.4. The number of aliphatic hydroxyl groups is 2. The summed E-state index contributed by atoms with van der Waals surface area (Å²) in [6, 6.07) is 0.0701. The van der Waals surface area contributed by atoms with Crippen LogP contribution in [0.4, 0.5) is 9.59 Å². The first kappa shape index (κ1) is 58.9. The Labute approximate surface area is 425 Å². The third-order valence-electron chi connectivity index (χ3n) is 13.5. The molecule has 8 atom stereocenters. The standard InChI is InChI=1S/C49H76N10O12S/c1-8-27(2)38(45(66)54-37(26-60)44(65)53-36(25-29-14-10-9-11-15-29)43(64)57-39(28(3)61)46(67)58-59-50)56-42(63)35(17-19-72-7)52-41(62)34(55-48(69)71-49(4,5)6)16-12-13-18-51-47(68)70-40-32-21-30-20-31(23-32)24-33(40)22-30/h9-11,14-15,27-28,30-40,60-61H,8,12-13,16-26H2,1-7H3,(H,51,68)(H,52,62)(H,53,65)(H,54,66)(H,55,69)(H,56,63)(H,57,64)/t27-,28+,30?,31?,32?,33?,34-,35-,36-,37-,38-,39-,40?/m0/s1. The quantitative estimate of drug-likeness (QED) is 0.0265. The largest absolute Gasteiger partial charge is 0.446 e. The molecule has 0 aromatic heterocycles. The van der Waals surface area contributed by atoms with Crippen LogP contribution in [0, 0.1) is 29.6 Å². The van der Waals surface area contributed by atoms with Crippen LogP contribution in [-0.4, -0.2) is 137 Å². The van der Waals surface area contributed by atoms with Crippen molar-refractivity contribution in [2.75, 3.05) is 25.2 Å². The van der Waals surface area contributed by atoms with Crippen LogP contribution in [0.1, 0.15) is 111 Å². The summed E-state index contributed by atoms with van der Waals surface area (Å²) in [5, 5.41) is 41.7. The molecule has 5 rings (SSSR count). The molecule has 0 heterocycles. The fraction of sp³-hybridized carbons (Fsp3) is 0.714. The highest BCUT2D eigenvalue weighted by molar-refractivity contribution is 7.98. The van der Waals surface area contributed by atoms with Crippen molar-refractivity contribution in [3.05, 3.63) is 46.3 Å². The number of hydrogen-bond acceptors (Lipinski definition) is 13. The maximum atomic E-state index is 14.1. The molecule has 0 aliphatic heterocycles. The van der Waals surface area contributed by atoms with Gasteiger partial charge in [-0.3, -0.25) is 28.8 Å². The van der Waals surface area contributed by atoms with Crippen molar-refractivity contribution in [1.82, 2.24) is 37.2 Å². The van der Waals surface area contributed by atoms with Gasteiger partial charge in [0.15, 0.2) is 0 Å². The molecule has 0 saturated heterocycles. The number of amides is 8. The van der Waals surface area contributed by atoms with E-state index in [1.54, 1.807) is 65.0 Å². The Morgan fingerprint density at radius 3 is 1.88 bits per heavy atom. The Balaban J connectivity index is 1.42. The van der Waals surface area contributed by atoms with E-state index in [-0.39, 0.29) is 31.9 Å². The molecule has 22 nitrogen and oxygen atoms in total. The average Bonchev–Trinajstić information content (AvgIpc) is 3.32. The summed E-state index contributed by atoms with van der Waals surface area (Å²) in [5.41, 5.74) is 8.45. The van der Waals surface area contributed by atoms with E-state index in [2.05, 4.69) is 47.2 Å². The van der Waals surface area contributed by atoms with E-state index in [4.69, 9.17) is 15.0 Å². The van der Waals surface area contributed by atoms with Crippen LogP contribution in [-0.2, 0) is 44.7 Å². The van der Waals surface area contributed by atoms with E-state index < -0.39 is 108 Å². The highest BCUT2D eigenvalue weighted by atomic mass is 32.2. The molecule has 0 spiro atoms. The number of alkyl carbamates (subject to hydrolysis) is 2. The van der Waals surface area contributed by atoms with Gasteiger partial charge in [0.2, 0.25) is 35.4 Å². The normalized spacial score (nSPS) is 22.1. The summed E-state index contributed by atoms with van der Waals surface area (Å²) in [4.78, 5) is 110. The smallest absolute Gasteiger partial charge is 0.408 e. The zero-order valence-corrected chi connectivity index (χ0v) is 43.3. The van der Waals surface area contributed by atoms with Crippen molar-refractivity contribution < 1.29 is 58.0 Å². The molecule has 4 fully saturated rings. The monoisotopic (exact) mass is 1030 g/mol. The molecular weight excluding hydrogens is 953 g/mol. The van der Waals surface area contributed by atoms with E-state index >= 15 is 0 Å². The molecule has 9 N–H and O–H groups in total. The van der Waals surface area contributed by atoms with Gasteiger partial charge in [-0.25, -0.2) is 9.59 Å². The molecule has 4 bridgehead atoms. The van der Waals surface area contributed by atoms with Crippen LogP contribution in [0.3, 0.4) is 0 Å². The van der Waals surface area contributed by atoms with Crippen molar-refractivity contribution in [1.29, 1.82) is 0 Å². The lowest BCUT2D eigenvalue weighted by atomic mass is 9.55. The molecule has 4 aliphatic rings. The molecule has 4 aliphatic carbocycles. The predicted octanol–water partition coefficient (Wildman–Crippen LogP) is 3.28. The first-order valence-electron chi connectivity index (χ1n) is 25.0. The van der Waals surface area contributed by atoms with E-state index in [1.165, 1.54) is 25.1 Å². The highest BCUT2D eigenvalue weighted by Gasteiger charge is 2.50. The van der Waals surface area contributed by atoms with Gasteiger partial charge in [-0.1, -0.05) is 50.6 Å². The minimum atomic E-state index is -1.66. The second-order valence-corrected chi connectivity index (χ2v) is 21.4. The Bertz CT molecular complexity index is 2040. The fourth-order valence-corrected chi connectivity index (χ4v) is 10.4. The van der Waals surface area contributed by atoms with E-state index in [1.807, 2.05) is 6.26 Å². The molecule has 4 saturated carbocycles. The lowest BCUT2D eigenvalue weighted by molar-refractivity contribution is -0.136. The number of ether oxygens (including phenoxy) is 2. The maximum absolute atomic E-state index is 14.1. The number of nitrogens with one attached hydrogen (secondary N) is 7. The van der Waals surface area contributed by atoms with Crippen LogP contribution < -0.4 is 37.2 Å². The van der Waals surface area contributed by atoms with E-state index in [9.17, 15) is 48.6 Å². The number of thioether (sulfide) groups is 1. The van der Waals surface area contributed by atoms with Gasteiger partial charge in [-0.2, -0.15) is 11.8 Å². The number of nitrogens with zero attached hydrogens (tertiary/aromatic N) is 3. The summed E-state index contributed by atoms with van der Waals surface area (Å²) in [5.74, 6) is -3.22. The van der Waals surface area contributed by atoms with Crippen LogP contribution in [0.15, 0.2) is 35.4 Å². The summed E-state index contributed by atoms with van der Waals surface area (Å²) in [6.45, 7) is 9.01. The van der Waals surface area contributed by atoms with Gasteiger partial charge in [0.1, 0.15) is 48.0 Å². The first-order valence-corrected chi connectivity index (χ1v) is 26.4. The molecule has 1 aromatic rings. The zero-order valence-electron chi connectivity index (χ0n) is 42.5. The molecular formula is C49H76N10O12S. The maximum Gasteiger partial charge on any atom is 0.408 e. The second kappa shape index (κ2) is 28.6. The van der Waals surface area contributed by atoms with E-state index in [0.717, 1.165) is 37.5 Å². The van der Waals surface area contributed by atoms with Gasteiger partial charge < -0.3 is 56.9 Å². The molecule has 0 radical (unpaired) electrons. The number of aliphatic hydroxyl groups excluding tert-OH is 2. The molecule has 8 amide bonds. The number of hydrogen-bond donors (Lipinski definition) is 9. The molecule has 400 valence electrons. The Morgan fingerprint density at radius 2 is 1.31 bits per heavy atom. The van der Waals surface area contributed by atoms with Gasteiger partial charge >= 0.3 is 12.2 Å². The number of unbranched alkanes of at least 4 members (excludes halogenated alkanes) is 1. The van der Waals surface area contributed by atoms with Gasteiger partial charge in [0.25, 0.3) is 0 Å². The fourth-order valence-electron chi connectivity index (χ4n) is 9.88. The Kier molecular flexibility index (Phi) is 23.4. The Morgan fingerprint density at radius 1 is 0.750 bits per heavy atom. The van der Waals surface area contributed by atoms with Crippen LogP contribution in [0.2, 0.25) is 0 Å². The van der Waals surface area contributed by atoms with Crippen molar-refractivity contribution >= 4 is 59.4 Å². The summed E-state index contributed by atoms with van der Waals surface area (Å²) in [6.07, 6.45) is 6.03. The minimum absolute atomic E-state index is 0.0599. The van der Waals surface area contributed by atoms with Crippen molar-refractivity contribution in [3.8, 4) is 0 Å². The number of rotatable bonds is 27.